The molecule has 3 atom stereocenters. The summed E-state index contributed by atoms with van der Waals surface area (Å²) in [6.07, 6.45) is -2.27. The van der Waals surface area contributed by atoms with Crippen LogP contribution < -0.4 is 5.32 Å². The number of aromatic nitrogens is 3. The Morgan fingerprint density at radius 3 is 2.42 bits per heavy atom. The van der Waals surface area contributed by atoms with Gasteiger partial charge < -0.3 is 25.2 Å². The normalized spacial score (nSPS) is 19.5. The van der Waals surface area contributed by atoms with Crippen LogP contribution in [0, 0.1) is 5.92 Å². The van der Waals surface area contributed by atoms with E-state index < -0.39 is 41.7 Å². The maximum Gasteiger partial charge on any atom is 0.445 e. The Morgan fingerprint density at radius 2 is 1.81 bits per heavy atom. The molecule has 196 valence electrons. The molecule has 2 heterocycles. The lowest BCUT2D eigenvalue weighted by Gasteiger charge is -2.38. The van der Waals surface area contributed by atoms with Crippen LogP contribution >= 0.6 is 0 Å². The van der Waals surface area contributed by atoms with E-state index in [-0.39, 0.29) is 31.2 Å². The molecular weight excluding hydrogens is 487 g/mol. The molecule has 1 aromatic carbocycles. The number of aliphatic hydroxyl groups is 2. The highest BCUT2D eigenvalue weighted by Crippen LogP contribution is 2.32. The monoisotopic (exact) mass is 513 g/mol. The van der Waals surface area contributed by atoms with Gasteiger partial charge in [0.2, 0.25) is 5.91 Å². The van der Waals surface area contributed by atoms with Crippen LogP contribution in [0.2, 0.25) is 0 Å². The molecule has 1 aromatic heterocycles. The van der Waals surface area contributed by atoms with Crippen molar-refractivity contribution in [3.05, 3.63) is 42.2 Å². The van der Waals surface area contributed by atoms with Gasteiger partial charge in [-0.25, -0.2) is 4.79 Å². The lowest BCUT2D eigenvalue weighted by Crippen LogP contribution is -2.65. The lowest BCUT2D eigenvalue weighted by atomic mass is 9.91. The quantitative estimate of drug-likeness (QED) is 0.364. The lowest BCUT2D eigenvalue weighted by molar-refractivity contribution is -0.356. The number of carbonyl (C=O) groups is 3. The van der Waals surface area contributed by atoms with Gasteiger partial charge in [0, 0.05) is 12.6 Å². The van der Waals surface area contributed by atoms with Gasteiger partial charge in [0.05, 0.1) is 36.2 Å². The van der Waals surface area contributed by atoms with Crippen LogP contribution in [0.25, 0.3) is 5.69 Å². The van der Waals surface area contributed by atoms with Crippen molar-refractivity contribution >= 4 is 17.8 Å². The first kappa shape index (κ1) is 27.1. The van der Waals surface area contributed by atoms with Crippen LogP contribution in [0.5, 0.6) is 0 Å². The number of amides is 2. The summed E-state index contributed by atoms with van der Waals surface area (Å²) in [5.74, 6) is -8.77. The molecule has 0 radical (unpaired) electrons. The Labute approximate surface area is 203 Å². The van der Waals surface area contributed by atoms with Crippen LogP contribution in [0.15, 0.2) is 36.7 Å². The molecule has 36 heavy (non-hydrogen) atoms. The molecule has 2 amide bonds. The summed E-state index contributed by atoms with van der Waals surface area (Å²) in [6.45, 7) is 2.53. The number of benzene rings is 1. The summed E-state index contributed by atoms with van der Waals surface area (Å²) >= 11 is 0. The number of likely N-dealkylation sites (tertiary alicyclic amines) is 1. The standard InChI is InChI=1S/C22H26F3N5O6/c1-3-36-20(33)17(21(34,35)22(23,24)25)28-18(31)14-9-8-13(2)29(12-14)19(32)15-6-4-5-7-16(15)30-26-10-11-27-30/h4-7,10-11,13-14,17,34-35H,3,8-9,12H2,1-2H3,(H,28,31). The van der Waals surface area contributed by atoms with Crippen molar-refractivity contribution in [2.45, 2.75) is 50.7 Å². The minimum Gasteiger partial charge on any atom is -0.464 e. The van der Waals surface area contributed by atoms with Crippen molar-refractivity contribution in [1.29, 1.82) is 0 Å². The number of hydrogen-bond donors (Lipinski definition) is 3. The van der Waals surface area contributed by atoms with Gasteiger partial charge in [-0.2, -0.15) is 28.2 Å². The third-order valence-electron chi connectivity index (χ3n) is 5.91. The predicted octanol–water partition coefficient (Wildman–Crippen LogP) is 0.799. The number of hydrogen-bond acceptors (Lipinski definition) is 8. The van der Waals surface area contributed by atoms with E-state index in [4.69, 9.17) is 0 Å². The largest absolute Gasteiger partial charge is 0.464 e. The summed E-state index contributed by atoms with van der Waals surface area (Å²) < 4.78 is 44.1. The first-order chi connectivity index (χ1) is 16.9. The molecule has 14 heteroatoms. The number of carbonyl (C=O) groups excluding carboxylic acids is 3. The molecule has 0 saturated carbocycles. The van der Waals surface area contributed by atoms with E-state index in [0.29, 0.717) is 12.1 Å². The molecule has 1 aliphatic rings. The number of halogens is 3. The van der Waals surface area contributed by atoms with Crippen LogP contribution in [0.3, 0.4) is 0 Å². The van der Waals surface area contributed by atoms with Gasteiger partial charge in [-0.1, -0.05) is 12.1 Å². The fourth-order valence-electron chi connectivity index (χ4n) is 3.90. The average molecular weight is 513 g/mol. The van der Waals surface area contributed by atoms with Crippen molar-refractivity contribution in [3.8, 4) is 5.69 Å². The van der Waals surface area contributed by atoms with E-state index in [0.717, 1.165) is 0 Å². The molecule has 0 spiro atoms. The fourth-order valence-corrected chi connectivity index (χ4v) is 3.90. The second-order valence-electron chi connectivity index (χ2n) is 8.33. The van der Waals surface area contributed by atoms with Gasteiger partial charge in [-0.3, -0.25) is 9.59 Å². The van der Waals surface area contributed by atoms with Crippen LogP contribution in [-0.4, -0.2) is 85.1 Å². The zero-order valence-corrected chi connectivity index (χ0v) is 19.5. The average Bonchev–Trinajstić information content (AvgIpc) is 3.36. The van der Waals surface area contributed by atoms with Crippen molar-refractivity contribution in [3.63, 3.8) is 0 Å². The highest BCUT2D eigenvalue weighted by atomic mass is 19.4. The Bertz CT molecular complexity index is 1090. The van der Waals surface area contributed by atoms with Crippen molar-refractivity contribution in [1.82, 2.24) is 25.2 Å². The number of rotatable bonds is 7. The molecule has 11 nitrogen and oxygen atoms in total. The van der Waals surface area contributed by atoms with Gasteiger partial charge in [0.15, 0.2) is 6.04 Å². The number of esters is 1. The Morgan fingerprint density at radius 1 is 1.17 bits per heavy atom. The number of alkyl halides is 3. The first-order valence-electron chi connectivity index (χ1n) is 11.1. The molecule has 0 aliphatic carbocycles. The van der Waals surface area contributed by atoms with Gasteiger partial charge >= 0.3 is 12.1 Å². The summed E-state index contributed by atoms with van der Waals surface area (Å²) in [6, 6.07) is 3.39. The number of piperidine rings is 1. The predicted molar refractivity (Wildman–Crippen MR) is 116 cm³/mol. The van der Waals surface area contributed by atoms with Gasteiger partial charge in [-0.15, -0.1) is 0 Å². The van der Waals surface area contributed by atoms with Crippen LogP contribution in [0.4, 0.5) is 13.2 Å². The summed E-state index contributed by atoms with van der Waals surface area (Å²) in [7, 11) is 0. The van der Waals surface area contributed by atoms with E-state index >= 15 is 0 Å². The molecule has 1 fully saturated rings. The summed E-state index contributed by atoms with van der Waals surface area (Å²) in [5.41, 5.74) is 0.636. The Kier molecular flexibility index (Phi) is 7.99. The van der Waals surface area contributed by atoms with E-state index in [9.17, 15) is 37.8 Å². The van der Waals surface area contributed by atoms with E-state index in [1.54, 1.807) is 36.5 Å². The summed E-state index contributed by atoms with van der Waals surface area (Å²) in [4.78, 5) is 41.0. The number of ether oxygens (including phenoxy) is 1. The summed E-state index contributed by atoms with van der Waals surface area (Å²) in [5, 5.41) is 29.1. The third kappa shape index (κ3) is 5.49. The molecular formula is C22H26F3N5O6. The van der Waals surface area contributed by atoms with Crippen LogP contribution in [0.1, 0.15) is 37.0 Å². The highest BCUT2D eigenvalue weighted by molar-refractivity contribution is 5.98. The molecule has 3 unspecified atom stereocenters. The number of para-hydroxylation sites is 1. The van der Waals surface area contributed by atoms with Crippen molar-refractivity contribution < 1.29 is 42.5 Å². The maximum absolute atomic E-state index is 13.4. The fraction of sp³-hybridized carbons (Fsp3) is 0.500. The topological polar surface area (TPSA) is 147 Å². The second-order valence-corrected chi connectivity index (χ2v) is 8.33. The second kappa shape index (κ2) is 10.6. The van der Waals surface area contributed by atoms with Crippen molar-refractivity contribution in [2.24, 2.45) is 5.92 Å². The maximum atomic E-state index is 13.4. The molecule has 3 rings (SSSR count). The smallest absolute Gasteiger partial charge is 0.445 e. The van der Waals surface area contributed by atoms with Gasteiger partial charge in [0.25, 0.3) is 11.7 Å². The molecule has 3 N–H and O–H groups in total. The first-order valence-corrected chi connectivity index (χ1v) is 11.1. The van der Waals surface area contributed by atoms with Gasteiger partial charge in [0.1, 0.15) is 0 Å². The molecule has 2 aromatic rings. The zero-order chi connectivity index (χ0) is 26.7. The van der Waals surface area contributed by atoms with Crippen molar-refractivity contribution in [2.75, 3.05) is 13.2 Å². The minimum absolute atomic E-state index is 0.182. The highest BCUT2D eigenvalue weighted by Gasteiger charge is 2.62. The van der Waals surface area contributed by atoms with E-state index in [2.05, 4.69) is 14.9 Å². The number of nitrogens with one attached hydrogen (secondary N) is 1. The Balaban J connectivity index is 1.82. The Hall–Kier alpha value is -3.52. The zero-order valence-electron chi connectivity index (χ0n) is 19.5. The molecule has 1 aliphatic heterocycles. The number of nitrogens with zero attached hydrogens (tertiary/aromatic N) is 4. The van der Waals surface area contributed by atoms with E-state index in [1.165, 1.54) is 29.0 Å². The minimum atomic E-state index is -5.66. The molecule has 1 saturated heterocycles. The van der Waals surface area contributed by atoms with E-state index in [1.807, 2.05) is 0 Å². The SMILES string of the molecule is CCOC(=O)C(NC(=O)C1CCC(C)N(C(=O)c2ccccc2-n2nccn2)C1)C(O)(O)C(F)(F)F. The molecule has 0 bridgehead atoms. The third-order valence-corrected chi connectivity index (χ3v) is 5.91. The van der Waals surface area contributed by atoms with Crippen LogP contribution in [-0.2, 0) is 14.3 Å². The van der Waals surface area contributed by atoms with Gasteiger partial charge in [-0.05, 0) is 38.8 Å².